The molecule has 9 heteroatoms. The number of nitrogens with one attached hydrogen (secondary N) is 2. The van der Waals surface area contributed by atoms with Crippen molar-refractivity contribution in [2.75, 3.05) is 10.7 Å². The van der Waals surface area contributed by atoms with Crippen molar-refractivity contribution in [1.82, 2.24) is 9.66 Å². The molecule has 28 heavy (non-hydrogen) atoms. The van der Waals surface area contributed by atoms with Crippen LogP contribution in [0.15, 0.2) is 53.3 Å². The number of alkyl halides is 3. The van der Waals surface area contributed by atoms with Gasteiger partial charge >= 0.3 is 12.2 Å². The van der Waals surface area contributed by atoms with Gasteiger partial charge in [-0.1, -0.05) is 26.0 Å². The van der Waals surface area contributed by atoms with Gasteiger partial charge in [0.25, 0.3) is 5.56 Å². The number of carbonyl (C=O) groups is 1. The molecule has 0 aliphatic carbocycles. The molecular weight excluding hydrogens is 373 g/mol. The Kier molecular flexibility index (Phi) is 5.08. The quantitative estimate of drug-likeness (QED) is 0.700. The summed E-state index contributed by atoms with van der Waals surface area (Å²) in [5.41, 5.74) is 1.81. The zero-order chi connectivity index (χ0) is 20.5. The third kappa shape index (κ3) is 3.98. The van der Waals surface area contributed by atoms with E-state index in [0.29, 0.717) is 16.7 Å². The number of anilines is 1. The van der Waals surface area contributed by atoms with Crippen LogP contribution in [-0.2, 0) is 6.18 Å². The summed E-state index contributed by atoms with van der Waals surface area (Å²) in [6.07, 6.45) is -4.46. The van der Waals surface area contributed by atoms with Gasteiger partial charge in [-0.3, -0.25) is 4.79 Å². The van der Waals surface area contributed by atoms with Gasteiger partial charge in [-0.05, 0) is 36.4 Å². The number of carbonyl (C=O) groups excluding carboxylic acids is 1. The van der Waals surface area contributed by atoms with E-state index in [9.17, 15) is 22.8 Å². The Morgan fingerprint density at radius 1 is 1.07 bits per heavy atom. The fraction of sp³-hybridized carbons (Fsp3) is 0.211. The minimum atomic E-state index is -4.46. The summed E-state index contributed by atoms with van der Waals surface area (Å²) in [6.45, 7) is 3.64. The fourth-order valence-corrected chi connectivity index (χ4v) is 2.65. The molecule has 3 aromatic rings. The lowest BCUT2D eigenvalue weighted by Gasteiger charge is -2.17. The Bertz CT molecular complexity index is 1070. The van der Waals surface area contributed by atoms with Crippen molar-refractivity contribution in [1.29, 1.82) is 0 Å². The first kappa shape index (κ1) is 19.4. The topological polar surface area (TPSA) is 76.0 Å². The Labute approximate surface area is 158 Å². The van der Waals surface area contributed by atoms with Crippen LogP contribution in [0.4, 0.5) is 23.7 Å². The molecule has 2 aromatic carbocycles. The molecule has 0 aliphatic rings. The molecule has 1 aromatic heterocycles. The van der Waals surface area contributed by atoms with E-state index in [1.807, 2.05) is 13.8 Å². The van der Waals surface area contributed by atoms with Crippen molar-refractivity contribution >= 4 is 22.6 Å². The first-order chi connectivity index (χ1) is 13.2. The molecular formula is C19H17F3N4O2. The van der Waals surface area contributed by atoms with Gasteiger partial charge in [0.1, 0.15) is 5.82 Å². The first-order valence-electron chi connectivity index (χ1n) is 8.44. The maximum Gasteiger partial charge on any atom is 0.416 e. The summed E-state index contributed by atoms with van der Waals surface area (Å²) in [5.74, 6) is 0.190. The van der Waals surface area contributed by atoms with Gasteiger partial charge in [-0.25, -0.2) is 19.9 Å². The normalized spacial score (nSPS) is 11.6. The molecule has 0 saturated carbocycles. The van der Waals surface area contributed by atoms with Crippen LogP contribution in [0.3, 0.4) is 0 Å². The van der Waals surface area contributed by atoms with Crippen molar-refractivity contribution in [3.05, 3.63) is 70.3 Å². The number of urea groups is 1. The summed E-state index contributed by atoms with van der Waals surface area (Å²) in [4.78, 5) is 29.5. The number of para-hydroxylation sites is 1. The molecule has 146 valence electrons. The van der Waals surface area contributed by atoms with Crippen LogP contribution in [0.25, 0.3) is 10.9 Å². The van der Waals surface area contributed by atoms with Gasteiger partial charge in [-0.15, -0.1) is 0 Å². The van der Waals surface area contributed by atoms with Crippen LogP contribution >= 0.6 is 0 Å². The fourth-order valence-electron chi connectivity index (χ4n) is 2.65. The van der Waals surface area contributed by atoms with Gasteiger partial charge in [0, 0.05) is 11.6 Å². The highest BCUT2D eigenvalue weighted by molar-refractivity contribution is 5.95. The number of benzene rings is 2. The van der Waals surface area contributed by atoms with E-state index in [1.54, 1.807) is 24.3 Å². The second kappa shape index (κ2) is 7.34. The zero-order valence-corrected chi connectivity index (χ0v) is 15.0. The van der Waals surface area contributed by atoms with Crippen molar-refractivity contribution in [3.63, 3.8) is 0 Å². The first-order valence-corrected chi connectivity index (χ1v) is 8.44. The monoisotopic (exact) mass is 390 g/mol. The van der Waals surface area contributed by atoms with Crippen LogP contribution in [0, 0.1) is 0 Å². The number of fused-ring (bicyclic) bond motifs is 1. The Morgan fingerprint density at radius 3 is 2.32 bits per heavy atom. The summed E-state index contributed by atoms with van der Waals surface area (Å²) in [7, 11) is 0. The maximum absolute atomic E-state index is 12.8. The molecule has 1 heterocycles. The zero-order valence-electron chi connectivity index (χ0n) is 15.0. The highest BCUT2D eigenvalue weighted by Crippen LogP contribution is 2.29. The molecule has 3 rings (SSSR count). The third-order valence-corrected chi connectivity index (χ3v) is 4.00. The molecule has 0 fully saturated rings. The van der Waals surface area contributed by atoms with Gasteiger partial charge in [-0.2, -0.15) is 13.2 Å². The average Bonchev–Trinajstić information content (AvgIpc) is 2.63. The minimum Gasteiger partial charge on any atom is -0.307 e. The van der Waals surface area contributed by atoms with E-state index in [2.05, 4.69) is 15.7 Å². The molecule has 0 unspecified atom stereocenters. The minimum absolute atomic E-state index is 0.151. The second-order valence-electron chi connectivity index (χ2n) is 6.42. The highest BCUT2D eigenvalue weighted by Gasteiger charge is 2.30. The standard InChI is InChI=1S/C19H17F3N4O2/c1-11(2)16-24-15-6-4-3-5-14(15)17(27)26(16)25-18(28)23-13-9-7-12(8-10-13)19(20,21)22/h3-11H,1-2H3,(H2,23,25,28). The van der Waals surface area contributed by atoms with Crippen LogP contribution < -0.4 is 16.3 Å². The Hall–Kier alpha value is -3.36. The predicted octanol–water partition coefficient (Wildman–Crippen LogP) is 4.31. The van der Waals surface area contributed by atoms with Gasteiger partial charge in [0.15, 0.2) is 0 Å². The lowest BCUT2D eigenvalue weighted by atomic mass is 10.2. The van der Waals surface area contributed by atoms with Gasteiger partial charge < -0.3 is 5.32 Å². The largest absolute Gasteiger partial charge is 0.416 e. The number of halogens is 3. The number of amides is 2. The summed E-state index contributed by atoms with van der Waals surface area (Å²) in [6, 6.07) is 9.95. The van der Waals surface area contributed by atoms with Crippen molar-refractivity contribution in [2.45, 2.75) is 25.9 Å². The molecule has 2 N–H and O–H groups in total. The van der Waals surface area contributed by atoms with E-state index in [0.717, 1.165) is 28.9 Å². The Morgan fingerprint density at radius 2 is 1.71 bits per heavy atom. The number of hydrogen-bond acceptors (Lipinski definition) is 3. The molecule has 2 amide bonds. The van der Waals surface area contributed by atoms with Gasteiger partial charge in [0.2, 0.25) is 0 Å². The average molecular weight is 390 g/mol. The third-order valence-electron chi connectivity index (χ3n) is 4.00. The second-order valence-corrected chi connectivity index (χ2v) is 6.42. The predicted molar refractivity (Wildman–Crippen MR) is 99.9 cm³/mol. The smallest absolute Gasteiger partial charge is 0.307 e. The molecule has 0 saturated heterocycles. The number of nitrogens with zero attached hydrogens (tertiary/aromatic N) is 2. The van der Waals surface area contributed by atoms with Crippen LogP contribution in [-0.4, -0.2) is 15.7 Å². The molecule has 6 nitrogen and oxygen atoms in total. The highest BCUT2D eigenvalue weighted by atomic mass is 19.4. The molecule has 0 atom stereocenters. The molecule has 0 spiro atoms. The van der Waals surface area contributed by atoms with E-state index in [-0.39, 0.29) is 11.6 Å². The van der Waals surface area contributed by atoms with Crippen molar-refractivity contribution < 1.29 is 18.0 Å². The van der Waals surface area contributed by atoms with E-state index in [1.165, 1.54) is 0 Å². The van der Waals surface area contributed by atoms with Crippen LogP contribution in [0.5, 0.6) is 0 Å². The molecule has 0 aliphatic heterocycles. The number of aromatic nitrogens is 2. The van der Waals surface area contributed by atoms with Crippen molar-refractivity contribution in [3.8, 4) is 0 Å². The van der Waals surface area contributed by atoms with Gasteiger partial charge in [0.05, 0.1) is 16.5 Å². The molecule has 0 radical (unpaired) electrons. The summed E-state index contributed by atoms with van der Waals surface area (Å²) < 4.78 is 38.9. The lowest BCUT2D eigenvalue weighted by Crippen LogP contribution is -2.38. The maximum atomic E-state index is 12.8. The SMILES string of the molecule is CC(C)c1nc2ccccc2c(=O)n1NC(=O)Nc1ccc(C(F)(F)F)cc1. The van der Waals surface area contributed by atoms with Crippen LogP contribution in [0.1, 0.15) is 31.2 Å². The lowest BCUT2D eigenvalue weighted by molar-refractivity contribution is -0.137. The van der Waals surface area contributed by atoms with E-state index < -0.39 is 23.3 Å². The van der Waals surface area contributed by atoms with E-state index >= 15 is 0 Å². The van der Waals surface area contributed by atoms with E-state index in [4.69, 9.17) is 0 Å². The number of hydrogen-bond donors (Lipinski definition) is 2. The summed E-state index contributed by atoms with van der Waals surface area (Å²) in [5, 5.41) is 2.74. The summed E-state index contributed by atoms with van der Waals surface area (Å²) >= 11 is 0. The Balaban J connectivity index is 1.87. The van der Waals surface area contributed by atoms with Crippen molar-refractivity contribution in [2.24, 2.45) is 0 Å². The molecule has 0 bridgehead atoms. The van der Waals surface area contributed by atoms with Crippen LogP contribution in [0.2, 0.25) is 0 Å². The number of rotatable bonds is 3.